The summed E-state index contributed by atoms with van der Waals surface area (Å²) in [7, 11) is 1.27. The molecule has 4 heteroatoms. The molecule has 1 amide bonds. The molecule has 0 aromatic heterocycles. The van der Waals surface area contributed by atoms with Crippen LogP contribution >= 0.6 is 0 Å². The highest BCUT2D eigenvalue weighted by Gasteiger charge is 2.21. The van der Waals surface area contributed by atoms with E-state index in [0.717, 1.165) is 12.8 Å². The molecule has 0 aliphatic heterocycles. The van der Waals surface area contributed by atoms with Gasteiger partial charge >= 0.3 is 5.97 Å². The van der Waals surface area contributed by atoms with Gasteiger partial charge in [-0.2, -0.15) is 0 Å². The molecule has 0 saturated carbocycles. The van der Waals surface area contributed by atoms with E-state index in [1.807, 2.05) is 6.92 Å². The molecule has 86 valence electrons. The monoisotopic (exact) mass is 213 g/mol. The summed E-state index contributed by atoms with van der Waals surface area (Å²) in [5, 5.41) is 2.74. The Bertz CT molecular complexity index is 248. The number of hydrogen-bond donors (Lipinski definition) is 1. The van der Waals surface area contributed by atoms with Gasteiger partial charge in [0.15, 0.2) is 0 Å². The van der Waals surface area contributed by atoms with Gasteiger partial charge in [-0.05, 0) is 13.3 Å². The Labute approximate surface area is 90.7 Å². The van der Waals surface area contributed by atoms with E-state index in [1.54, 1.807) is 6.92 Å². The normalized spacial score (nSPS) is 11.7. The molecule has 0 aliphatic rings. The van der Waals surface area contributed by atoms with Crippen molar-refractivity contribution in [1.82, 2.24) is 5.32 Å². The van der Waals surface area contributed by atoms with Gasteiger partial charge in [0.2, 0.25) is 5.91 Å². The molecule has 0 aliphatic carbocycles. The first-order valence-electron chi connectivity index (χ1n) is 5.09. The van der Waals surface area contributed by atoms with Gasteiger partial charge < -0.3 is 10.1 Å². The van der Waals surface area contributed by atoms with Crippen molar-refractivity contribution in [3.8, 4) is 0 Å². The number of nitrogens with one attached hydrogen (secondary N) is 1. The van der Waals surface area contributed by atoms with Gasteiger partial charge in [0.25, 0.3) is 0 Å². The highest BCUT2D eigenvalue weighted by Crippen LogP contribution is 2.09. The van der Waals surface area contributed by atoms with Gasteiger partial charge in [-0.15, -0.1) is 0 Å². The van der Waals surface area contributed by atoms with Gasteiger partial charge in [0.05, 0.1) is 13.0 Å². The van der Waals surface area contributed by atoms with E-state index in [-0.39, 0.29) is 11.5 Å². The Morgan fingerprint density at radius 3 is 2.53 bits per heavy atom. The quantitative estimate of drug-likeness (QED) is 0.410. The van der Waals surface area contributed by atoms with E-state index in [4.69, 9.17) is 0 Å². The second-order valence-electron chi connectivity index (χ2n) is 3.38. The Hall–Kier alpha value is -1.32. The second-order valence-corrected chi connectivity index (χ2v) is 3.38. The average molecular weight is 213 g/mol. The Balaban J connectivity index is 4.08. The number of carbonyl (C=O) groups excluding carboxylic acids is 2. The zero-order valence-electron chi connectivity index (χ0n) is 9.63. The van der Waals surface area contributed by atoms with Gasteiger partial charge in [-0.1, -0.05) is 19.9 Å². The van der Waals surface area contributed by atoms with Crippen molar-refractivity contribution >= 4 is 11.9 Å². The number of hydrogen-bond acceptors (Lipinski definition) is 3. The molecule has 0 spiro atoms. The first-order chi connectivity index (χ1) is 7.04. The number of ether oxygens (including phenoxy) is 1. The highest BCUT2D eigenvalue weighted by molar-refractivity contribution is 5.96. The van der Waals surface area contributed by atoms with Crippen molar-refractivity contribution in [2.45, 2.75) is 26.7 Å². The lowest BCUT2D eigenvalue weighted by molar-refractivity contribution is -0.138. The molecular weight excluding hydrogens is 194 g/mol. The summed E-state index contributed by atoms with van der Waals surface area (Å²) in [6.45, 7) is 7.86. The maximum Gasteiger partial charge on any atom is 0.333 e. The fourth-order valence-electron chi connectivity index (χ4n) is 1.01. The summed E-state index contributed by atoms with van der Waals surface area (Å²) in [4.78, 5) is 22.6. The topological polar surface area (TPSA) is 55.4 Å². The van der Waals surface area contributed by atoms with Crippen molar-refractivity contribution in [3.05, 3.63) is 12.2 Å². The van der Waals surface area contributed by atoms with E-state index >= 15 is 0 Å². The molecule has 1 atom stereocenters. The Morgan fingerprint density at radius 1 is 1.47 bits per heavy atom. The van der Waals surface area contributed by atoms with Crippen LogP contribution < -0.4 is 5.32 Å². The third-order valence-electron chi connectivity index (χ3n) is 2.19. The van der Waals surface area contributed by atoms with E-state index in [0.29, 0.717) is 6.54 Å². The lowest BCUT2D eigenvalue weighted by atomic mass is 10.0. The minimum atomic E-state index is -0.534. The molecule has 0 fully saturated rings. The number of esters is 1. The minimum Gasteiger partial charge on any atom is -0.466 e. The lowest BCUT2D eigenvalue weighted by Crippen LogP contribution is -2.32. The Kier molecular flexibility index (Phi) is 6.42. The SMILES string of the molecule is C=C(C(=O)OC)C(C)C(=O)NCCCC. The molecule has 4 nitrogen and oxygen atoms in total. The van der Waals surface area contributed by atoms with Gasteiger partial charge in [-0.3, -0.25) is 4.79 Å². The van der Waals surface area contributed by atoms with Crippen LogP contribution in [0.5, 0.6) is 0 Å². The maximum atomic E-state index is 11.5. The van der Waals surface area contributed by atoms with Crippen LogP contribution in [0.3, 0.4) is 0 Å². The van der Waals surface area contributed by atoms with Crippen LogP contribution in [0.15, 0.2) is 12.2 Å². The zero-order valence-corrected chi connectivity index (χ0v) is 9.63. The number of methoxy groups -OCH3 is 1. The predicted octanol–water partition coefficient (Wildman–Crippen LogP) is 1.27. The molecule has 0 bridgehead atoms. The van der Waals surface area contributed by atoms with Crippen molar-refractivity contribution < 1.29 is 14.3 Å². The molecule has 15 heavy (non-hydrogen) atoms. The van der Waals surface area contributed by atoms with Crippen LogP contribution in [0, 0.1) is 5.92 Å². The van der Waals surface area contributed by atoms with Crippen LogP contribution in [0.1, 0.15) is 26.7 Å². The van der Waals surface area contributed by atoms with Crippen LogP contribution in [0.4, 0.5) is 0 Å². The smallest absolute Gasteiger partial charge is 0.333 e. The summed E-state index contributed by atoms with van der Waals surface area (Å²) in [5.41, 5.74) is 0.187. The number of rotatable bonds is 6. The largest absolute Gasteiger partial charge is 0.466 e. The van der Waals surface area contributed by atoms with Crippen molar-refractivity contribution in [2.24, 2.45) is 5.92 Å². The molecule has 0 saturated heterocycles. The number of carbonyl (C=O) groups is 2. The van der Waals surface area contributed by atoms with Crippen LogP contribution in [-0.4, -0.2) is 25.5 Å². The van der Waals surface area contributed by atoms with Crippen molar-refractivity contribution in [2.75, 3.05) is 13.7 Å². The van der Waals surface area contributed by atoms with Gasteiger partial charge in [0.1, 0.15) is 0 Å². The molecule has 0 aromatic carbocycles. The summed E-state index contributed by atoms with van der Waals surface area (Å²) >= 11 is 0. The standard InChI is InChI=1S/C11H19NO3/c1-5-6-7-12-10(13)8(2)9(3)11(14)15-4/h8H,3,5-7H2,1-2,4H3,(H,12,13). The molecule has 0 aromatic rings. The first-order valence-corrected chi connectivity index (χ1v) is 5.09. The molecule has 0 radical (unpaired) electrons. The fraction of sp³-hybridized carbons (Fsp3) is 0.636. The summed E-state index contributed by atoms with van der Waals surface area (Å²) in [5.74, 6) is -1.25. The van der Waals surface area contributed by atoms with Crippen LogP contribution in [0.2, 0.25) is 0 Å². The third kappa shape index (κ3) is 4.63. The highest BCUT2D eigenvalue weighted by atomic mass is 16.5. The number of amides is 1. The fourth-order valence-corrected chi connectivity index (χ4v) is 1.01. The summed E-state index contributed by atoms with van der Waals surface area (Å²) < 4.78 is 4.49. The molecule has 0 rings (SSSR count). The molecule has 1 N–H and O–H groups in total. The zero-order chi connectivity index (χ0) is 11.8. The first kappa shape index (κ1) is 13.7. The van der Waals surface area contributed by atoms with Gasteiger partial charge in [-0.25, -0.2) is 4.79 Å². The van der Waals surface area contributed by atoms with Gasteiger partial charge in [0, 0.05) is 12.1 Å². The summed E-state index contributed by atoms with van der Waals surface area (Å²) in [6.07, 6.45) is 1.95. The summed E-state index contributed by atoms with van der Waals surface area (Å²) in [6, 6.07) is 0. The molecule has 1 unspecified atom stereocenters. The predicted molar refractivity (Wildman–Crippen MR) is 58.2 cm³/mol. The van der Waals surface area contributed by atoms with E-state index < -0.39 is 11.9 Å². The minimum absolute atomic E-state index is 0.182. The number of unbranched alkanes of at least 4 members (excludes halogenated alkanes) is 1. The van der Waals surface area contributed by atoms with Crippen LogP contribution in [0.25, 0.3) is 0 Å². The molecular formula is C11H19NO3. The van der Waals surface area contributed by atoms with E-state index in [1.165, 1.54) is 7.11 Å². The maximum absolute atomic E-state index is 11.5. The van der Waals surface area contributed by atoms with Crippen molar-refractivity contribution in [1.29, 1.82) is 0 Å². The molecule has 0 heterocycles. The van der Waals surface area contributed by atoms with E-state index in [9.17, 15) is 9.59 Å². The Morgan fingerprint density at radius 2 is 2.07 bits per heavy atom. The second kappa shape index (κ2) is 7.04. The van der Waals surface area contributed by atoms with E-state index in [2.05, 4.69) is 16.6 Å². The third-order valence-corrected chi connectivity index (χ3v) is 2.19. The van der Waals surface area contributed by atoms with Crippen LogP contribution in [-0.2, 0) is 14.3 Å². The van der Waals surface area contributed by atoms with Crippen molar-refractivity contribution in [3.63, 3.8) is 0 Å². The average Bonchev–Trinajstić information content (AvgIpc) is 2.26. The lowest BCUT2D eigenvalue weighted by Gasteiger charge is -2.12.